The molecule has 0 amide bonds. The first-order valence-electron chi connectivity index (χ1n) is 7.64. The van der Waals surface area contributed by atoms with Crippen LogP contribution in [0.5, 0.6) is 5.75 Å². The van der Waals surface area contributed by atoms with Crippen molar-refractivity contribution in [2.24, 2.45) is 17.6 Å². The zero-order valence-corrected chi connectivity index (χ0v) is 13.2. The largest absolute Gasteiger partial charge is 0.497 e. The molecule has 0 aliphatic carbocycles. The van der Waals surface area contributed by atoms with Crippen molar-refractivity contribution in [3.63, 3.8) is 0 Å². The van der Waals surface area contributed by atoms with E-state index in [9.17, 15) is 0 Å². The Morgan fingerprint density at radius 3 is 2.80 bits per heavy atom. The highest BCUT2D eigenvalue weighted by Crippen LogP contribution is 2.28. The number of rotatable bonds is 4. The lowest BCUT2D eigenvalue weighted by Crippen LogP contribution is -2.48. The van der Waals surface area contributed by atoms with E-state index in [1.165, 1.54) is 6.42 Å². The van der Waals surface area contributed by atoms with Gasteiger partial charge in [-0.25, -0.2) is 0 Å². The van der Waals surface area contributed by atoms with Crippen LogP contribution in [-0.2, 0) is 0 Å². The summed E-state index contributed by atoms with van der Waals surface area (Å²) in [4.78, 5) is 2.54. The highest BCUT2D eigenvalue weighted by atomic mass is 16.5. The molecule has 3 heteroatoms. The van der Waals surface area contributed by atoms with Gasteiger partial charge in [-0.2, -0.15) is 0 Å². The van der Waals surface area contributed by atoms with Crippen LogP contribution in [0.25, 0.3) is 0 Å². The minimum atomic E-state index is 0.0463. The molecule has 1 aliphatic heterocycles. The van der Waals surface area contributed by atoms with E-state index >= 15 is 0 Å². The maximum atomic E-state index is 6.41. The molecule has 1 saturated heterocycles. The lowest BCUT2D eigenvalue weighted by Gasteiger charge is -2.42. The minimum absolute atomic E-state index is 0.0463. The number of benzene rings is 1. The van der Waals surface area contributed by atoms with Gasteiger partial charge in [0.25, 0.3) is 0 Å². The van der Waals surface area contributed by atoms with Gasteiger partial charge >= 0.3 is 0 Å². The van der Waals surface area contributed by atoms with Crippen molar-refractivity contribution in [2.75, 3.05) is 20.2 Å². The van der Waals surface area contributed by atoms with Crippen LogP contribution in [0.1, 0.15) is 38.8 Å². The fourth-order valence-corrected chi connectivity index (χ4v) is 3.30. The molecule has 20 heavy (non-hydrogen) atoms. The zero-order chi connectivity index (χ0) is 14.7. The van der Waals surface area contributed by atoms with Crippen LogP contribution in [0.2, 0.25) is 0 Å². The van der Waals surface area contributed by atoms with Crippen LogP contribution in [0.15, 0.2) is 24.3 Å². The number of nitrogens with two attached hydrogens (primary N) is 1. The van der Waals surface area contributed by atoms with E-state index < -0.39 is 0 Å². The lowest BCUT2D eigenvalue weighted by molar-refractivity contribution is 0.0741. The van der Waals surface area contributed by atoms with Crippen molar-refractivity contribution in [1.82, 2.24) is 4.90 Å². The van der Waals surface area contributed by atoms with Crippen molar-refractivity contribution in [2.45, 2.75) is 39.3 Å². The Labute approximate surface area is 123 Å². The maximum Gasteiger partial charge on any atom is 0.119 e. The van der Waals surface area contributed by atoms with Gasteiger partial charge in [0.1, 0.15) is 5.75 Å². The third-order valence-corrected chi connectivity index (χ3v) is 4.67. The SMILES string of the molecule is COc1cccc(C(N)CN2CC(C)CC(C)C2C)c1. The van der Waals surface area contributed by atoms with Gasteiger partial charge in [-0.15, -0.1) is 0 Å². The summed E-state index contributed by atoms with van der Waals surface area (Å²) in [6, 6.07) is 8.77. The molecule has 0 aromatic heterocycles. The van der Waals surface area contributed by atoms with Crippen LogP contribution in [-0.4, -0.2) is 31.1 Å². The maximum absolute atomic E-state index is 6.41. The lowest BCUT2D eigenvalue weighted by atomic mass is 9.85. The Bertz CT molecular complexity index is 435. The van der Waals surface area contributed by atoms with Gasteiger partial charge in [-0.1, -0.05) is 26.0 Å². The topological polar surface area (TPSA) is 38.5 Å². The molecule has 1 aromatic rings. The standard InChI is InChI=1S/C17H28N2O/c1-12-8-13(2)14(3)19(10-12)11-17(18)15-6-5-7-16(9-15)20-4/h5-7,9,12-14,17H,8,10-11,18H2,1-4H3. The molecule has 2 N–H and O–H groups in total. The van der Waals surface area contributed by atoms with E-state index in [4.69, 9.17) is 10.5 Å². The van der Waals surface area contributed by atoms with Crippen molar-refractivity contribution in [3.05, 3.63) is 29.8 Å². The molecule has 1 aromatic carbocycles. The van der Waals surface area contributed by atoms with E-state index in [0.717, 1.165) is 36.2 Å². The Morgan fingerprint density at radius 1 is 1.35 bits per heavy atom. The Kier molecular flexibility index (Phi) is 5.06. The number of piperidine rings is 1. The summed E-state index contributed by atoms with van der Waals surface area (Å²) >= 11 is 0. The minimum Gasteiger partial charge on any atom is -0.497 e. The summed E-state index contributed by atoms with van der Waals surface area (Å²) in [7, 11) is 1.70. The number of likely N-dealkylation sites (tertiary alicyclic amines) is 1. The summed E-state index contributed by atoms with van der Waals surface area (Å²) in [6.07, 6.45) is 1.33. The number of hydrogen-bond acceptors (Lipinski definition) is 3. The monoisotopic (exact) mass is 276 g/mol. The number of hydrogen-bond donors (Lipinski definition) is 1. The van der Waals surface area contributed by atoms with E-state index in [-0.39, 0.29) is 6.04 Å². The van der Waals surface area contributed by atoms with Gasteiger partial charge < -0.3 is 10.5 Å². The van der Waals surface area contributed by atoms with Crippen molar-refractivity contribution < 1.29 is 4.74 Å². The molecule has 0 saturated carbocycles. The Morgan fingerprint density at radius 2 is 2.10 bits per heavy atom. The average molecular weight is 276 g/mol. The Balaban J connectivity index is 2.04. The highest BCUT2D eigenvalue weighted by Gasteiger charge is 2.29. The molecule has 0 bridgehead atoms. The molecule has 112 valence electrons. The first kappa shape index (κ1) is 15.3. The van der Waals surface area contributed by atoms with Gasteiger partial charge in [0.15, 0.2) is 0 Å². The predicted octanol–water partition coefficient (Wildman–Crippen LogP) is 3.06. The number of nitrogens with zero attached hydrogens (tertiary/aromatic N) is 1. The zero-order valence-electron chi connectivity index (χ0n) is 13.2. The van der Waals surface area contributed by atoms with Gasteiger partial charge in [-0.3, -0.25) is 4.90 Å². The van der Waals surface area contributed by atoms with Gasteiger partial charge in [0.2, 0.25) is 0 Å². The molecule has 1 aliphatic rings. The highest BCUT2D eigenvalue weighted by molar-refractivity contribution is 5.30. The normalized spacial score (nSPS) is 29.1. The predicted molar refractivity (Wildman–Crippen MR) is 83.9 cm³/mol. The smallest absolute Gasteiger partial charge is 0.119 e. The third-order valence-electron chi connectivity index (χ3n) is 4.67. The van der Waals surface area contributed by atoms with Crippen LogP contribution in [0.3, 0.4) is 0 Å². The fourth-order valence-electron chi connectivity index (χ4n) is 3.30. The van der Waals surface area contributed by atoms with Gasteiger partial charge in [0.05, 0.1) is 7.11 Å². The average Bonchev–Trinajstić information content (AvgIpc) is 2.44. The molecule has 3 nitrogen and oxygen atoms in total. The second kappa shape index (κ2) is 6.59. The van der Waals surface area contributed by atoms with E-state index in [2.05, 4.69) is 31.7 Å². The summed E-state index contributed by atoms with van der Waals surface area (Å²) < 4.78 is 5.28. The number of methoxy groups -OCH3 is 1. The molecule has 1 heterocycles. The third kappa shape index (κ3) is 3.53. The second-order valence-corrected chi connectivity index (χ2v) is 6.40. The molecular formula is C17H28N2O. The van der Waals surface area contributed by atoms with Gasteiger partial charge in [-0.05, 0) is 42.9 Å². The Hall–Kier alpha value is -1.06. The summed E-state index contributed by atoms with van der Waals surface area (Å²) in [5.74, 6) is 2.39. The molecule has 4 unspecified atom stereocenters. The molecule has 0 spiro atoms. The van der Waals surface area contributed by atoms with Gasteiger partial charge in [0, 0.05) is 25.2 Å². The first-order chi connectivity index (χ1) is 9.51. The summed E-state index contributed by atoms with van der Waals surface area (Å²) in [5, 5.41) is 0. The van der Waals surface area contributed by atoms with E-state index in [1.807, 2.05) is 18.2 Å². The molecule has 1 fully saturated rings. The first-order valence-corrected chi connectivity index (χ1v) is 7.64. The summed E-state index contributed by atoms with van der Waals surface area (Å²) in [6.45, 7) is 9.10. The second-order valence-electron chi connectivity index (χ2n) is 6.40. The van der Waals surface area contributed by atoms with E-state index in [0.29, 0.717) is 6.04 Å². The van der Waals surface area contributed by atoms with Crippen LogP contribution < -0.4 is 10.5 Å². The molecular weight excluding hydrogens is 248 g/mol. The van der Waals surface area contributed by atoms with Crippen LogP contribution in [0, 0.1) is 11.8 Å². The van der Waals surface area contributed by atoms with Crippen molar-refractivity contribution in [3.8, 4) is 5.75 Å². The fraction of sp³-hybridized carbons (Fsp3) is 0.647. The van der Waals surface area contributed by atoms with E-state index in [1.54, 1.807) is 7.11 Å². The molecule has 4 atom stereocenters. The summed E-state index contributed by atoms with van der Waals surface area (Å²) in [5.41, 5.74) is 7.56. The molecule has 0 radical (unpaired) electrons. The van der Waals surface area contributed by atoms with Crippen molar-refractivity contribution in [1.29, 1.82) is 0 Å². The molecule has 2 rings (SSSR count). The quantitative estimate of drug-likeness (QED) is 0.918. The van der Waals surface area contributed by atoms with Crippen LogP contribution in [0.4, 0.5) is 0 Å². The van der Waals surface area contributed by atoms with Crippen molar-refractivity contribution >= 4 is 0 Å². The number of ether oxygens (including phenoxy) is 1. The van der Waals surface area contributed by atoms with Crippen LogP contribution >= 0.6 is 0 Å².